The molecule has 1 N–H and O–H groups in total. The number of rotatable bonds is 5. The summed E-state index contributed by atoms with van der Waals surface area (Å²) in [5, 5.41) is 3.43. The quantitative estimate of drug-likeness (QED) is 0.831. The van der Waals surface area contributed by atoms with Crippen LogP contribution in [0.4, 0.5) is 17.6 Å². The molecule has 3 rings (SSSR count). The van der Waals surface area contributed by atoms with E-state index in [4.69, 9.17) is 0 Å². The van der Waals surface area contributed by atoms with Gasteiger partial charge in [0.25, 0.3) is 0 Å². The standard InChI is InChI=1S/C17H22F4N2/c18-16-4-2-1-3-15(16)13-7-14(8-13)22-9-12-5-6-23(10-12)11-17(19,20)21/h1-4,12-14,22H,5-11H2. The molecule has 2 nitrogen and oxygen atoms in total. The predicted molar refractivity (Wildman–Crippen MR) is 80.8 cm³/mol. The molecule has 0 spiro atoms. The molecule has 1 aromatic rings. The van der Waals surface area contributed by atoms with E-state index in [2.05, 4.69) is 5.32 Å². The molecule has 0 radical (unpaired) electrons. The lowest BCUT2D eigenvalue weighted by Crippen LogP contribution is -2.43. The van der Waals surface area contributed by atoms with Crippen LogP contribution in [-0.4, -0.2) is 43.3 Å². The van der Waals surface area contributed by atoms with Crippen molar-refractivity contribution >= 4 is 0 Å². The second-order valence-corrected chi connectivity index (χ2v) is 6.80. The zero-order chi connectivity index (χ0) is 16.4. The third-order valence-corrected chi connectivity index (χ3v) is 4.95. The number of halogens is 4. The minimum absolute atomic E-state index is 0.144. The molecular weight excluding hydrogens is 308 g/mol. The Bertz CT molecular complexity index is 526. The molecule has 1 saturated carbocycles. The van der Waals surface area contributed by atoms with Gasteiger partial charge in [-0.1, -0.05) is 18.2 Å². The minimum Gasteiger partial charge on any atom is -0.314 e. The number of nitrogens with zero attached hydrogens (tertiary/aromatic N) is 1. The monoisotopic (exact) mass is 330 g/mol. The van der Waals surface area contributed by atoms with Crippen LogP contribution in [0, 0.1) is 11.7 Å². The molecule has 23 heavy (non-hydrogen) atoms. The Morgan fingerprint density at radius 3 is 2.61 bits per heavy atom. The van der Waals surface area contributed by atoms with Gasteiger partial charge in [0, 0.05) is 12.6 Å². The summed E-state index contributed by atoms with van der Waals surface area (Å²) in [5.41, 5.74) is 0.780. The Labute approximate surface area is 133 Å². The number of hydrogen-bond acceptors (Lipinski definition) is 2. The van der Waals surface area contributed by atoms with Gasteiger partial charge in [0.15, 0.2) is 0 Å². The molecule has 0 aromatic heterocycles. The van der Waals surface area contributed by atoms with Gasteiger partial charge in [-0.15, -0.1) is 0 Å². The number of hydrogen-bond donors (Lipinski definition) is 1. The van der Waals surface area contributed by atoms with Crippen LogP contribution in [-0.2, 0) is 0 Å². The van der Waals surface area contributed by atoms with E-state index in [-0.39, 0.29) is 17.7 Å². The minimum atomic E-state index is -4.11. The molecule has 6 heteroatoms. The van der Waals surface area contributed by atoms with Crippen LogP contribution in [0.3, 0.4) is 0 Å². The van der Waals surface area contributed by atoms with Crippen molar-refractivity contribution in [2.75, 3.05) is 26.2 Å². The molecule has 1 aliphatic carbocycles. The average molecular weight is 330 g/mol. The van der Waals surface area contributed by atoms with Gasteiger partial charge in [-0.05, 0) is 55.8 Å². The van der Waals surface area contributed by atoms with E-state index in [1.807, 2.05) is 12.1 Å². The highest BCUT2D eigenvalue weighted by atomic mass is 19.4. The first-order valence-electron chi connectivity index (χ1n) is 8.17. The van der Waals surface area contributed by atoms with Crippen LogP contribution >= 0.6 is 0 Å². The number of nitrogens with one attached hydrogen (secondary N) is 1. The molecular formula is C17H22F4N2. The smallest absolute Gasteiger partial charge is 0.314 e. The summed E-state index contributed by atoms with van der Waals surface area (Å²) in [5.74, 6) is 0.401. The maximum absolute atomic E-state index is 13.7. The number of benzene rings is 1. The third kappa shape index (κ3) is 4.44. The highest BCUT2D eigenvalue weighted by Crippen LogP contribution is 2.38. The number of likely N-dealkylation sites (tertiary alicyclic amines) is 1. The molecule has 1 heterocycles. The van der Waals surface area contributed by atoms with E-state index in [0.717, 1.165) is 31.4 Å². The maximum Gasteiger partial charge on any atom is 0.401 e. The second-order valence-electron chi connectivity index (χ2n) is 6.80. The van der Waals surface area contributed by atoms with Crippen LogP contribution in [0.2, 0.25) is 0 Å². The molecule has 1 atom stereocenters. The van der Waals surface area contributed by atoms with Crippen molar-refractivity contribution in [2.24, 2.45) is 5.92 Å². The van der Waals surface area contributed by atoms with Crippen LogP contribution in [0.15, 0.2) is 24.3 Å². The molecule has 1 unspecified atom stereocenters. The van der Waals surface area contributed by atoms with Crippen molar-refractivity contribution in [2.45, 2.75) is 37.4 Å². The van der Waals surface area contributed by atoms with Crippen molar-refractivity contribution in [3.63, 3.8) is 0 Å². The van der Waals surface area contributed by atoms with Gasteiger partial charge in [-0.3, -0.25) is 4.90 Å². The fraction of sp³-hybridized carbons (Fsp3) is 0.647. The van der Waals surface area contributed by atoms with Gasteiger partial charge in [0.1, 0.15) is 5.82 Å². The lowest BCUT2D eigenvalue weighted by Gasteiger charge is -2.37. The summed E-state index contributed by atoms with van der Waals surface area (Å²) in [6, 6.07) is 7.23. The maximum atomic E-state index is 13.7. The Balaban J connectivity index is 1.36. The van der Waals surface area contributed by atoms with Crippen molar-refractivity contribution in [3.8, 4) is 0 Å². The van der Waals surface area contributed by atoms with Crippen LogP contribution in [0.1, 0.15) is 30.7 Å². The lowest BCUT2D eigenvalue weighted by molar-refractivity contribution is -0.143. The van der Waals surface area contributed by atoms with Crippen LogP contribution < -0.4 is 5.32 Å². The molecule has 0 amide bonds. The van der Waals surface area contributed by atoms with E-state index in [1.165, 1.54) is 11.0 Å². The fourth-order valence-electron chi connectivity index (χ4n) is 3.65. The number of alkyl halides is 3. The Morgan fingerprint density at radius 2 is 1.91 bits per heavy atom. The van der Waals surface area contributed by atoms with E-state index >= 15 is 0 Å². The van der Waals surface area contributed by atoms with Gasteiger partial charge in [0.05, 0.1) is 6.54 Å². The second kappa shape index (κ2) is 6.77. The summed E-state index contributed by atoms with van der Waals surface area (Å²) >= 11 is 0. The van der Waals surface area contributed by atoms with Crippen molar-refractivity contribution in [1.82, 2.24) is 10.2 Å². The Hall–Kier alpha value is -1.14. The van der Waals surface area contributed by atoms with E-state index in [0.29, 0.717) is 19.1 Å². The molecule has 1 aromatic carbocycles. The topological polar surface area (TPSA) is 15.3 Å². The first kappa shape index (κ1) is 16.7. The fourth-order valence-corrected chi connectivity index (χ4v) is 3.65. The van der Waals surface area contributed by atoms with Crippen molar-refractivity contribution in [3.05, 3.63) is 35.6 Å². The molecule has 2 fully saturated rings. The SMILES string of the molecule is Fc1ccccc1C1CC(NCC2CCN(CC(F)(F)F)C2)C1. The zero-order valence-electron chi connectivity index (χ0n) is 13.0. The molecule has 1 aliphatic heterocycles. The summed E-state index contributed by atoms with van der Waals surface area (Å²) in [4.78, 5) is 1.48. The summed E-state index contributed by atoms with van der Waals surface area (Å²) in [6.07, 6.45) is -1.49. The lowest BCUT2D eigenvalue weighted by atomic mass is 9.75. The highest BCUT2D eigenvalue weighted by Gasteiger charge is 2.35. The van der Waals surface area contributed by atoms with E-state index in [9.17, 15) is 17.6 Å². The predicted octanol–water partition coefficient (Wildman–Crippen LogP) is 3.55. The van der Waals surface area contributed by atoms with Gasteiger partial charge in [0.2, 0.25) is 0 Å². The van der Waals surface area contributed by atoms with Gasteiger partial charge in [-0.25, -0.2) is 4.39 Å². The van der Waals surface area contributed by atoms with Crippen LogP contribution in [0.5, 0.6) is 0 Å². The highest BCUT2D eigenvalue weighted by molar-refractivity contribution is 5.24. The summed E-state index contributed by atoms with van der Waals surface area (Å²) < 4.78 is 50.8. The van der Waals surface area contributed by atoms with Crippen molar-refractivity contribution < 1.29 is 17.6 Å². The molecule has 2 aliphatic rings. The molecule has 0 bridgehead atoms. The first-order chi connectivity index (χ1) is 10.9. The largest absolute Gasteiger partial charge is 0.401 e. The van der Waals surface area contributed by atoms with Gasteiger partial charge in [-0.2, -0.15) is 13.2 Å². The van der Waals surface area contributed by atoms with E-state index < -0.39 is 12.7 Å². The van der Waals surface area contributed by atoms with Gasteiger partial charge < -0.3 is 5.32 Å². The summed E-state index contributed by atoms with van der Waals surface area (Å²) in [6.45, 7) is 0.982. The average Bonchev–Trinajstić information content (AvgIpc) is 2.84. The Morgan fingerprint density at radius 1 is 1.17 bits per heavy atom. The molecule has 128 valence electrons. The zero-order valence-corrected chi connectivity index (χ0v) is 13.0. The van der Waals surface area contributed by atoms with Gasteiger partial charge >= 0.3 is 6.18 Å². The van der Waals surface area contributed by atoms with E-state index in [1.54, 1.807) is 6.07 Å². The van der Waals surface area contributed by atoms with Crippen molar-refractivity contribution in [1.29, 1.82) is 0 Å². The normalized spacial score (nSPS) is 28.8. The van der Waals surface area contributed by atoms with Crippen LogP contribution in [0.25, 0.3) is 0 Å². The summed E-state index contributed by atoms with van der Waals surface area (Å²) in [7, 11) is 0. The third-order valence-electron chi connectivity index (χ3n) is 4.95. The Kier molecular flexibility index (Phi) is 4.92. The molecule has 1 saturated heterocycles. The first-order valence-corrected chi connectivity index (χ1v) is 8.17.